The molecule has 5 saturated carbocycles. The predicted molar refractivity (Wildman–Crippen MR) is 273 cm³/mol. The summed E-state index contributed by atoms with van der Waals surface area (Å²) < 4.78 is 2.40. The van der Waals surface area contributed by atoms with Crippen molar-refractivity contribution in [3.05, 3.63) is 230 Å². The molecular formula is C64H48N2. The van der Waals surface area contributed by atoms with Crippen LogP contribution >= 0.6 is 0 Å². The topological polar surface area (TPSA) is 8.17 Å². The SMILES string of the molecule is c1ccc(-c2ccc(N(c3ccc(-c4ccc(-c5cccc6c5-c5ccccc5C65C67CC8CC(C6)CC75C8)cc4)cc3)c3ccc4c5ccccc5n(-c5ccccc5)c4c3)cc2)cc1. The standard InChI is InChI=1S/C64H48N2/c1-3-12-44(13-4-1)46-26-30-50(31-27-46)65(52-34-35-55-54-16-8-10-21-59(54)66(60(55)37-52)49-14-5-2-6-15-49)51-32-28-47(29-33-51)45-22-24-48(25-23-45)53-18-11-20-58-61(53)56-17-7-9-19-57(56)64(58)62-38-42-36-43(40-62)41-63(62,64)39-42/h1-35,37,42-43H,36,38-41H2. The van der Waals surface area contributed by atoms with Crippen LogP contribution in [0.1, 0.15) is 43.2 Å². The summed E-state index contributed by atoms with van der Waals surface area (Å²) in [7, 11) is 0. The molecule has 6 aliphatic carbocycles. The normalized spacial score (nSPS) is 23.6. The quantitative estimate of drug-likeness (QED) is 0.155. The molecule has 0 unspecified atom stereocenters. The van der Waals surface area contributed by atoms with Gasteiger partial charge in [-0.2, -0.15) is 0 Å². The molecule has 314 valence electrons. The highest BCUT2D eigenvalue weighted by molar-refractivity contribution is 6.10. The van der Waals surface area contributed by atoms with Crippen LogP contribution in [0, 0.1) is 22.7 Å². The maximum absolute atomic E-state index is 2.52. The molecule has 10 aromatic rings. The first-order valence-electron chi connectivity index (χ1n) is 24.1. The van der Waals surface area contributed by atoms with Gasteiger partial charge in [0.15, 0.2) is 0 Å². The summed E-state index contributed by atoms with van der Waals surface area (Å²) in [6.07, 6.45) is 7.28. The molecule has 3 spiro atoms. The minimum Gasteiger partial charge on any atom is -0.310 e. The summed E-state index contributed by atoms with van der Waals surface area (Å²) in [6, 6.07) is 81.5. The zero-order valence-electron chi connectivity index (χ0n) is 36.9. The fourth-order valence-corrected chi connectivity index (χ4v) is 15.4. The summed E-state index contributed by atoms with van der Waals surface area (Å²) >= 11 is 0. The Kier molecular flexibility index (Phi) is 7.45. The third-order valence-electron chi connectivity index (χ3n) is 17.4. The van der Waals surface area contributed by atoms with E-state index in [0.29, 0.717) is 10.8 Å². The summed E-state index contributed by atoms with van der Waals surface area (Å²) in [5.41, 5.74) is 21.9. The predicted octanol–water partition coefficient (Wildman–Crippen LogP) is 16.7. The van der Waals surface area contributed by atoms with Crippen molar-refractivity contribution in [1.82, 2.24) is 4.57 Å². The van der Waals surface area contributed by atoms with Crippen LogP contribution in [0.3, 0.4) is 0 Å². The number of fused-ring (bicyclic) bond motifs is 8. The molecule has 1 aromatic heterocycles. The average molecular weight is 845 g/mol. The number of rotatable bonds is 7. The molecule has 4 bridgehead atoms. The van der Waals surface area contributed by atoms with Crippen LogP contribution in [0.15, 0.2) is 218 Å². The Balaban J connectivity index is 0.803. The molecule has 0 atom stereocenters. The second-order valence-electron chi connectivity index (χ2n) is 20.2. The molecule has 0 saturated heterocycles. The Morgan fingerprint density at radius 1 is 0.379 bits per heavy atom. The summed E-state index contributed by atoms with van der Waals surface area (Å²) in [4.78, 5) is 2.40. The zero-order chi connectivity index (χ0) is 43.2. The van der Waals surface area contributed by atoms with Crippen LogP contribution in [-0.2, 0) is 5.41 Å². The van der Waals surface area contributed by atoms with E-state index in [0.717, 1.165) is 34.6 Å². The van der Waals surface area contributed by atoms with Gasteiger partial charge < -0.3 is 9.47 Å². The first-order valence-corrected chi connectivity index (χ1v) is 24.1. The van der Waals surface area contributed by atoms with Crippen molar-refractivity contribution in [1.29, 1.82) is 0 Å². The summed E-state index contributed by atoms with van der Waals surface area (Å²) in [5.74, 6) is 1.92. The Labute approximate surface area is 386 Å². The lowest BCUT2D eigenvalue weighted by atomic mass is 9.63. The number of hydrogen-bond donors (Lipinski definition) is 0. The molecule has 9 aromatic carbocycles. The largest absolute Gasteiger partial charge is 0.310 e. The lowest BCUT2D eigenvalue weighted by Crippen LogP contribution is -2.34. The fourth-order valence-electron chi connectivity index (χ4n) is 15.4. The molecule has 2 nitrogen and oxygen atoms in total. The van der Waals surface area contributed by atoms with E-state index in [4.69, 9.17) is 0 Å². The van der Waals surface area contributed by atoms with Crippen molar-refractivity contribution >= 4 is 38.9 Å². The van der Waals surface area contributed by atoms with Gasteiger partial charge in [-0.15, -0.1) is 0 Å². The van der Waals surface area contributed by atoms with Crippen LogP contribution < -0.4 is 4.90 Å². The molecule has 0 aliphatic heterocycles. The highest BCUT2D eigenvalue weighted by Crippen LogP contribution is 2.98. The van der Waals surface area contributed by atoms with Crippen LogP contribution in [0.5, 0.6) is 0 Å². The van der Waals surface area contributed by atoms with E-state index in [1.807, 2.05) is 0 Å². The van der Waals surface area contributed by atoms with Gasteiger partial charge >= 0.3 is 0 Å². The van der Waals surface area contributed by atoms with E-state index in [1.54, 1.807) is 11.1 Å². The highest BCUT2D eigenvalue weighted by Gasteiger charge is 2.94. The highest BCUT2D eigenvalue weighted by atomic mass is 15.1. The molecule has 0 amide bonds. The average Bonchev–Trinajstić information content (AvgIpc) is 3.80. The van der Waals surface area contributed by atoms with Crippen molar-refractivity contribution in [3.8, 4) is 50.2 Å². The smallest absolute Gasteiger partial charge is 0.0561 e. The second-order valence-corrected chi connectivity index (χ2v) is 20.2. The number of aromatic nitrogens is 1. The van der Waals surface area contributed by atoms with Gasteiger partial charge in [-0.25, -0.2) is 0 Å². The van der Waals surface area contributed by atoms with Crippen molar-refractivity contribution in [3.63, 3.8) is 0 Å². The lowest BCUT2D eigenvalue weighted by Gasteiger charge is -2.41. The monoisotopic (exact) mass is 844 g/mol. The van der Waals surface area contributed by atoms with E-state index in [2.05, 4.69) is 228 Å². The van der Waals surface area contributed by atoms with E-state index >= 15 is 0 Å². The molecule has 66 heavy (non-hydrogen) atoms. The first-order chi connectivity index (χ1) is 32.6. The number of anilines is 3. The molecule has 6 aliphatic rings. The van der Waals surface area contributed by atoms with Crippen LogP contribution in [0.4, 0.5) is 17.1 Å². The molecule has 0 N–H and O–H groups in total. The molecule has 5 fully saturated rings. The Hall–Kier alpha value is -7.42. The number of benzene rings is 9. The van der Waals surface area contributed by atoms with Gasteiger partial charge in [0, 0.05) is 38.9 Å². The third-order valence-corrected chi connectivity index (χ3v) is 17.4. The van der Waals surface area contributed by atoms with Gasteiger partial charge in [0.25, 0.3) is 0 Å². The molecular weight excluding hydrogens is 797 g/mol. The van der Waals surface area contributed by atoms with E-state index in [1.165, 1.54) is 98.4 Å². The third kappa shape index (κ3) is 4.71. The second kappa shape index (κ2) is 13.3. The molecule has 2 heteroatoms. The minimum absolute atomic E-state index is 0.223. The summed E-state index contributed by atoms with van der Waals surface area (Å²) in [5, 5.41) is 2.50. The van der Waals surface area contributed by atoms with E-state index in [-0.39, 0.29) is 5.41 Å². The fraction of sp³-hybridized carbons (Fsp3) is 0.156. The Morgan fingerprint density at radius 2 is 0.879 bits per heavy atom. The van der Waals surface area contributed by atoms with E-state index in [9.17, 15) is 0 Å². The zero-order valence-corrected chi connectivity index (χ0v) is 36.9. The van der Waals surface area contributed by atoms with Gasteiger partial charge in [0.05, 0.1) is 11.0 Å². The Morgan fingerprint density at radius 3 is 1.56 bits per heavy atom. The molecule has 1 heterocycles. The lowest BCUT2D eigenvalue weighted by molar-refractivity contribution is 0.159. The molecule has 16 rings (SSSR count). The maximum Gasteiger partial charge on any atom is 0.0561 e. The van der Waals surface area contributed by atoms with Crippen LogP contribution in [0.2, 0.25) is 0 Å². The first kappa shape index (κ1) is 36.9. The van der Waals surface area contributed by atoms with Crippen molar-refractivity contribution in [2.24, 2.45) is 22.7 Å². The number of nitrogens with zero attached hydrogens (tertiary/aromatic N) is 2. The van der Waals surface area contributed by atoms with Crippen molar-refractivity contribution in [2.75, 3.05) is 4.90 Å². The van der Waals surface area contributed by atoms with Crippen LogP contribution in [0.25, 0.3) is 72.0 Å². The summed E-state index contributed by atoms with van der Waals surface area (Å²) in [6.45, 7) is 0. The van der Waals surface area contributed by atoms with Gasteiger partial charge in [-0.3, -0.25) is 0 Å². The maximum atomic E-state index is 2.52. The van der Waals surface area contributed by atoms with Gasteiger partial charge in [0.1, 0.15) is 0 Å². The van der Waals surface area contributed by atoms with Crippen LogP contribution in [-0.4, -0.2) is 4.57 Å². The van der Waals surface area contributed by atoms with Gasteiger partial charge in [-0.05, 0) is 165 Å². The number of hydrogen-bond acceptors (Lipinski definition) is 1. The van der Waals surface area contributed by atoms with Gasteiger partial charge in [-0.1, -0.05) is 164 Å². The number of para-hydroxylation sites is 2. The Bertz CT molecular complexity index is 3530. The van der Waals surface area contributed by atoms with Crippen molar-refractivity contribution < 1.29 is 0 Å². The minimum atomic E-state index is 0.223. The van der Waals surface area contributed by atoms with Gasteiger partial charge in [0.2, 0.25) is 0 Å². The molecule has 0 radical (unpaired) electrons. The van der Waals surface area contributed by atoms with E-state index < -0.39 is 0 Å². The van der Waals surface area contributed by atoms with Crippen molar-refractivity contribution in [2.45, 2.75) is 37.5 Å².